The molecule has 0 spiro atoms. The number of carbonyl (C=O) groups is 2. The first-order valence-electron chi connectivity index (χ1n) is 7.76. The van der Waals surface area contributed by atoms with Crippen LogP contribution in [0.3, 0.4) is 0 Å². The van der Waals surface area contributed by atoms with E-state index in [0.29, 0.717) is 12.8 Å². The first-order valence-corrected chi connectivity index (χ1v) is 8.87. The molecule has 2 N–H and O–H groups in total. The molecule has 0 amide bonds. The molecule has 0 heterocycles. The number of allylic oxidation sites excluding steroid dienone is 8. The van der Waals surface area contributed by atoms with Crippen molar-refractivity contribution in [3.05, 3.63) is 48.6 Å². The van der Waals surface area contributed by atoms with Crippen LogP contribution in [0, 0.1) is 12.2 Å². The third-order valence-electron chi connectivity index (χ3n) is 2.10. The van der Waals surface area contributed by atoms with Crippen molar-refractivity contribution in [2.75, 3.05) is 0 Å². The molecule has 5 heteroatoms. The van der Waals surface area contributed by atoms with Crippen LogP contribution in [-0.4, -0.2) is 27.0 Å². The zero-order chi connectivity index (χ0) is 19.1. The molecule has 24 heavy (non-hydrogen) atoms. The third kappa shape index (κ3) is 37.1. The Morgan fingerprint density at radius 1 is 0.917 bits per heavy atom. The van der Waals surface area contributed by atoms with E-state index >= 15 is 0 Å². The van der Waals surface area contributed by atoms with Gasteiger partial charge >= 0.3 is 36.7 Å². The molecule has 0 saturated carbocycles. The summed E-state index contributed by atoms with van der Waals surface area (Å²) in [4.78, 5) is 22.4. The molecule has 0 aliphatic heterocycles. The van der Waals surface area contributed by atoms with Crippen molar-refractivity contribution in [3.8, 4) is 0 Å². The predicted octanol–water partition coefficient (Wildman–Crippen LogP) is 4.32. The van der Waals surface area contributed by atoms with Crippen molar-refractivity contribution >= 4 is 16.8 Å². The number of carboxylic acids is 2. The van der Waals surface area contributed by atoms with E-state index in [2.05, 4.69) is 29.1 Å². The minimum absolute atomic E-state index is 0.292. The Morgan fingerprint density at radius 2 is 1.25 bits per heavy atom. The Kier molecular flexibility index (Phi) is 30.1. The van der Waals surface area contributed by atoms with E-state index in [1.165, 1.54) is 0 Å². The molecule has 0 fully saturated rings. The van der Waals surface area contributed by atoms with Crippen LogP contribution < -0.4 is 0 Å². The number of rotatable bonds is 4. The van der Waals surface area contributed by atoms with Gasteiger partial charge in [0.25, 0.3) is 0 Å². The van der Waals surface area contributed by atoms with Gasteiger partial charge in [0.05, 0.1) is 0 Å². The van der Waals surface area contributed by atoms with Crippen LogP contribution in [0.5, 0.6) is 0 Å². The van der Waals surface area contributed by atoms with Gasteiger partial charge in [0.15, 0.2) is 0 Å². The van der Waals surface area contributed by atoms with Gasteiger partial charge in [0.2, 0.25) is 0 Å². The molecule has 132 valence electrons. The number of aliphatic carboxylic acids is 2. The van der Waals surface area contributed by atoms with E-state index in [-0.39, 0.29) is 0 Å². The Balaban J connectivity index is -0.000000237. The number of hydrogen-bond acceptors (Lipinski definition) is 2. The summed E-state index contributed by atoms with van der Waals surface area (Å²) in [7, 11) is 0. The molecule has 0 unspecified atom stereocenters. The standard InChI is InChI=1S/2C5H5.2C4H8O2.CH2.Ti/c2*1-2-4-5-3-1;2*1-2-3-4(5)6;;/h2*1-3H,4H2;2*2-3H2,1H3,(H,5,6);1H2;/q2*-1;;;;+2. The molecule has 2 rings (SSSR count). The van der Waals surface area contributed by atoms with Crippen LogP contribution in [0.15, 0.2) is 36.5 Å². The average Bonchev–Trinajstić information content (AvgIpc) is 3.28. The fourth-order valence-electron chi connectivity index (χ4n) is 1.11. The quantitative estimate of drug-likeness (QED) is 0.573. The Bertz CT molecular complexity index is 352. The predicted molar refractivity (Wildman–Crippen MR) is 95.3 cm³/mol. The van der Waals surface area contributed by atoms with Gasteiger partial charge < -0.3 is 10.2 Å². The topological polar surface area (TPSA) is 74.6 Å². The number of carboxylic acid groups (broad SMARTS) is 2. The van der Waals surface area contributed by atoms with E-state index in [4.69, 9.17) is 10.2 Å². The third-order valence-corrected chi connectivity index (χ3v) is 2.10. The molecule has 0 atom stereocenters. The Hall–Kier alpha value is -1.52. The molecular weight excluding hydrogens is 340 g/mol. The maximum atomic E-state index is 9.60. The summed E-state index contributed by atoms with van der Waals surface area (Å²) < 4.78 is 0. The Labute approximate surface area is 157 Å². The monoisotopic (exact) mass is 368 g/mol. The van der Waals surface area contributed by atoms with Gasteiger partial charge in [-0.1, -0.05) is 13.8 Å². The molecule has 0 bridgehead atoms. The zero-order valence-corrected chi connectivity index (χ0v) is 16.2. The van der Waals surface area contributed by atoms with Crippen LogP contribution in [0.2, 0.25) is 0 Å². The van der Waals surface area contributed by atoms with E-state index in [1.54, 1.807) is 20.0 Å². The van der Waals surface area contributed by atoms with Crippen molar-refractivity contribution < 1.29 is 39.8 Å². The van der Waals surface area contributed by atoms with Gasteiger partial charge in [-0.3, -0.25) is 21.7 Å². The molecule has 0 aromatic heterocycles. The first-order chi connectivity index (χ1) is 11.5. The van der Waals surface area contributed by atoms with E-state index in [1.807, 2.05) is 38.2 Å². The van der Waals surface area contributed by atoms with Crippen LogP contribution in [0.25, 0.3) is 0 Å². The van der Waals surface area contributed by atoms with Gasteiger partial charge in [-0.2, -0.15) is 12.2 Å². The fraction of sp³-hybridized carbons (Fsp3) is 0.421. The van der Waals surface area contributed by atoms with Crippen molar-refractivity contribution in [1.82, 2.24) is 0 Å². The number of hydrogen-bond donors (Lipinski definition) is 2. The molecule has 0 aromatic rings. The second-order valence-corrected chi connectivity index (χ2v) is 4.29. The molecule has 0 radical (unpaired) electrons. The van der Waals surface area contributed by atoms with Crippen LogP contribution in [0.4, 0.5) is 0 Å². The van der Waals surface area contributed by atoms with Gasteiger partial charge in [-0.25, -0.2) is 24.3 Å². The summed E-state index contributed by atoms with van der Waals surface area (Å²) in [5.41, 5.74) is 0. The van der Waals surface area contributed by atoms with Crippen molar-refractivity contribution in [2.45, 2.75) is 52.4 Å². The molecule has 2 aliphatic rings. The maximum absolute atomic E-state index is 9.60. The normalized spacial score (nSPS) is 11.7. The average molecular weight is 368 g/mol. The van der Waals surface area contributed by atoms with Gasteiger partial charge in [-0.05, 0) is 12.8 Å². The molecular formula is C19H28O4Ti. The van der Waals surface area contributed by atoms with Crippen LogP contribution in [-0.2, 0) is 29.6 Å². The van der Waals surface area contributed by atoms with Crippen molar-refractivity contribution in [2.24, 2.45) is 0 Å². The SMILES string of the molecule is CCCC(=O)O.CCCC(=O)O.[C-]1=CC=CC1.[C-]1=CC=CC1.[CH2]=[Ti+2]. The molecule has 0 aromatic carbocycles. The molecule has 2 aliphatic carbocycles. The van der Waals surface area contributed by atoms with Gasteiger partial charge in [0.1, 0.15) is 0 Å². The Morgan fingerprint density at radius 3 is 1.29 bits per heavy atom. The summed E-state index contributed by atoms with van der Waals surface area (Å²) in [6.07, 6.45) is 22.0. The summed E-state index contributed by atoms with van der Waals surface area (Å²) in [6, 6.07) is 0. The van der Waals surface area contributed by atoms with Crippen LogP contribution in [0.1, 0.15) is 52.4 Å². The first kappa shape index (κ1) is 27.3. The second-order valence-electron chi connectivity index (χ2n) is 4.29. The van der Waals surface area contributed by atoms with E-state index in [9.17, 15) is 9.59 Å². The minimum atomic E-state index is -0.711. The molecule has 0 saturated heterocycles. The van der Waals surface area contributed by atoms with Crippen molar-refractivity contribution in [1.29, 1.82) is 0 Å². The van der Waals surface area contributed by atoms with Crippen molar-refractivity contribution in [3.63, 3.8) is 0 Å². The van der Waals surface area contributed by atoms with E-state index in [0.717, 1.165) is 25.7 Å². The van der Waals surface area contributed by atoms with Gasteiger partial charge in [0, 0.05) is 12.8 Å². The van der Waals surface area contributed by atoms with E-state index < -0.39 is 11.9 Å². The summed E-state index contributed by atoms with van der Waals surface area (Å²) in [5, 5.41) is 15.8. The summed E-state index contributed by atoms with van der Waals surface area (Å²) in [6.45, 7) is 3.68. The second kappa shape index (κ2) is 26.4. The van der Waals surface area contributed by atoms with Gasteiger partial charge in [-0.15, -0.1) is 12.8 Å². The summed E-state index contributed by atoms with van der Waals surface area (Å²) in [5.74, 6) is -1.42. The fourth-order valence-corrected chi connectivity index (χ4v) is 1.11. The summed E-state index contributed by atoms with van der Waals surface area (Å²) >= 11 is 1.75. The zero-order valence-electron chi connectivity index (χ0n) is 14.6. The van der Waals surface area contributed by atoms with Crippen LogP contribution >= 0.6 is 0 Å². The molecule has 4 nitrogen and oxygen atoms in total.